The maximum absolute atomic E-state index is 11.2. The Morgan fingerprint density at radius 2 is 1.80 bits per heavy atom. The van der Waals surface area contributed by atoms with Crippen LogP contribution in [0.3, 0.4) is 0 Å². The average Bonchev–Trinajstić information content (AvgIpc) is 2.15. The summed E-state index contributed by atoms with van der Waals surface area (Å²) < 4.78 is 0. The van der Waals surface area contributed by atoms with Crippen LogP contribution in [0.2, 0.25) is 0 Å². The molecule has 0 saturated heterocycles. The van der Waals surface area contributed by atoms with Crippen LogP contribution in [0.25, 0.3) is 0 Å². The average molecular weight is 235 g/mol. The van der Waals surface area contributed by atoms with Crippen molar-refractivity contribution in [2.45, 2.75) is 13.0 Å². The van der Waals surface area contributed by atoms with Crippen LogP contribution >= 0.6 is 11.8 Å². The second-order valence-corrected chi connectivity index (χ2v) is 3.83. The van der Waals surface area contributed by atoms with Crippen molar-refractivity contribution >= 4 is 29.6 Å². The van der Waals surface area contributed by atoms with Crippen molar-refractivity contribution in [3.8, 4) is 0 Å². The molecule has 0 bridgehead atoms. The number of rotatable bonds is 6. The molecule has 1 amide bonds. The fraction of sp³-hybridized carbons (Fsp3) is 0.625. The first-order chi connectivity index (χ1) is 6.90. The van der Waals surface area contributed by atoms with Gasteiger partial charge in [-0.05, 0) is 13.2 Å². The van der Waals surface area contributed by atoms with Crippen LogP contribution in [0.4, 0.5) is 0 Å². The van der Waals surface area contributed by atoms with Gasteiger partial charge in [0.2, 0.25) is 5.91 Å². The van der Waals surface area contributed by atoms with Crippen LogP contribution in [-0.2, 0) is 14.4 Å². The highest BCUT2D eigenvalue weighted by Gasteiger charge is 2.25. The van der Waals surface area contributed by atoms with Crippen molar-refractivity contribution in [2.24, 2.45) is 5.92 Å². The number of hydrogen-bond acceptors (Lipinski definition) is 4. The normalized spacial score (nSPS) is 14.0. The first-order valence-electron chi connectivity index (χ1n) is 4.15. The highest BCUT2D eigenvalue weighted by Crippen LogP contribution is 2.01. The predicted octanol–water partition coefficient (Wildman–Crippen LogP) is -0.360. The summed E-state index contributed by atoms with van der Waals surface area (Å²) >= 11 is 1.26. The summed E-state index contributed by atoms with van der Waals surface area (Å²) in [6.45, 7) is 1.20. The largest absolute Gasteiger partial charge is 0.481 e. The minimum absolute atomic E-state index is 0.202. The topological polar surface area (TPSA) is 104 Å². The Morgan fingerprint density at radius 3 is 2.13 bits per heavy atom. The van der Waals surface area contributed by atoms with Crippen molar-refractivity contribution < 1.29 is 24.6 Å². The van der Waals surface area contributed by atoms with E-state index in [9.17, 15) is 14.4 Å². The van der Waals surface area contributed by atoms with E-state index in [4.69, 9.17) is 10.2 Å². The van der Waals surface area contributed by atoms with Gasteiger partial charge in [0.15, 0.2) is 0 Å². The number of carbonyl (C=O) groups excluding carboxylic acids is 1. The van der Waals surface area contributed by atoms with E-state index in [-0.39, 0.29) is 5.75 Å². The van der Waals surface area contributed by atoms with E-state index >= 15 is 0 Å². The predicted molar refractivity (Wildman–Crippen MR) is 54.7 cm³/mol. The van der Waals surface area contributed by atoms with E-state index in [0.29, 0.717) is 0 Å². The Hall–Kier alpha value is -1.24. The second-order valence-electron chi connectivity index (χ2n) is 2.91. The molecule has 0 aliphatic carbocycles. The molecule has 0 rings (SSSR count). The second kappa shape index (κ2) is 6.28. The molecule has 0 spiro atoms. The summed E-state index contributed by atoms with van der Waals surface area (Å²) in [4.78, 5) is 32.3. The maximum atomic E-state index is 11.2. The Bertz CT molecular complexity index is 268. The smallest absolute Gasteiger partial charge is 0.327 e. The summed E-state index contributed by atoms with van der Waals surface area (Å²) in [7, 11) is 0. The van der Waals surface area contributed by atoms with E-state index in [1.807, 2.05) is 0 Å². The molecule has 15 heavy (non-hydrogen) atoms. The van der Waals surface area contributed by atoms with Crippen LogP contribution in [0.5, 0.6) is 0 Å². The van der Waals surface area contributed by atoms with Gasteiger partial charge >= 0.3 is 11.9 Å². The Labute approximate surface area is 91.0 Å². The lowest BCUT2D eigenvalue weighted by molar-refractivity contribution is -0.148. The fourth-order valence-corrected chi connectivity index (χ4v) is 1.31. The number of carboxylic acids is 2. The van der Waals surface area contributed by atoms with Gasteiger partial charge in [-0.1, -0.05) is 0 Å². The number of carbonyl (C=O) groups is 3. The van der Waals surface area contributed by atoms with Gasteiger partial charge in [-0.2, -0.15) is 11.8 Å². The summed E-state index contributed by atoms with van der Waals surface area (Å²) in [5.74, 6) is -4.28. The van der Waals surface area contributed by atoms with Crippen molar-refractivity contribution in [1.82, 2.24) is 5.32 Å². The molecule has 0 aliphatic rings. The van der Waals surface area contributed by atoms with Crippen molar-refractivity contribution in [3.05, 3.63) is 0 Å². The number of carboxylic acid groups (broad SMARTS) is 2. The zero-order valence-corrected chi connectivity index (χ0v) is 9.21. The lowest BCUT2D eigenvalue weighted by atomic mass is 10.1. The van der Waals surface area contributed by atoms with Gasteiger partial charge in [-0.3, -0.25) is 9.59 Å². The van der Waals surface area contributed by atoms with Gasteiger partial charge in [0, 0.05) is 5.75 Å². The van der Waals surface area contributed by atoms with Crippen LogP contribution in [0.1, 0.15) is 6.92 Å². The molecule has 6 nitrogen and oxygen atoms in total. The molecule has 3 N–H and O–H groups in total. The maximum Gasteiger partial charge on any atom is 0.327 e. The van der Waals surface area contributed by atoms with Crippen LogP contribution in [-0.4, -0.2) is 46.1 Å². The minimum Gasteiger partial charge on any atom is -0.481 e. The number of aliphatic carboxylic acids is 2. The molecule has 0 aromatic rings. The number of hydrogen-bond donors (Lipinski definition) is 3. The Morgan fingerprint density at radius 1 is 1.27 bits per heavy atom. The zero-order valence-electron chi connectivity index (χ0n) is 8.39. The van der Waals surface area contributed by atoms with Gasteiger partial charge in [-0.25, -0.2) is 4.79 Å². The molecule has 0 fully saturated rings. The third-order valence-corrected chi connectivity index (χ3v) is 2.38. The van der Waals surface area contributed by atoms with Crippen LogP contribution in [0, 0.1) is 5.92 Å². The van der Waals surface area contributed by atoms with Gasteiger partial charge in [0.05, 0.1) is 0 Å². The van der Waals surface area contributed by atoms with Crippen molar-refractivity contribution in [2.75, 3.05) is 12.0 Å². The van der Waals surface area contributed by atoms with Crippen molar-refractivity contribution in [3.63, 3.8) is 0 Å². The highest BCUT2D eigenvalue weighted by molar-refractivity contribution is 7.98. The number of nitrogens with one attached hydrogen (secondary N) is 1. The number of amides is 1. The number of thioether (sulfide) groups is 1. The van der Waals surface area contributed by atoms with Gasteiger partial charge in [0.25, 0.3) is 0 Å². The molecule has 7 heteroatoms. The standard InChI is InChI=1S/C8H13NO5S/c1-4(7(11)12)6(10)9-5(3-15-2)8(13)14/h4-5H,3H2,1-2H3,(H,9,10)(H,11,12)(H,13,14). The SMILES string of the molecule is CSCC(NC(=O)C(C)C(=O)O)C(=O)O. The third-order valence-electron chi connectivity index (χ3n) is 1.71. The van der Waals surface area contributed by atoms with Gasteiger partial charge < -0.3 is 15.5 Å². The van der Waals surface area contributed by atoms with E-state index in [0.717, 1.165) is 0 Å². The minimum atomic E-state index is -1.28. The summed E-state index contributed by atoms with van der Waals surface area (Å²) in [5, 5.41) is 19.4. The molecule has 0 aromatic heterocycles. The molecule has 2 atom stereocenters. The molecular formula is C8H13NO5S. The van der Waals surface area contributed by atoms with E-state index in [1.54, 1.807) is 6.26 Å². The fourth-order valence-electron chi connectivity index (χ4n) is 0.750. The Balaban J connectivity index is 4.35. The van der Waals surface area contributed by atoms with Crippen LogP contribution < -0.4 is 5.32 Å². The zero-order chi connectivity index (χ0) is 12.0. The van der Waals surface area contributed by atoms with Crippen LogP contribution in [0.15, 0.2) is 0 Å². The lowest BCUT2D eigenvalue weighted by Gasteiger charge is -2.14. The van der Waals surface area contributed by atoms with E-state index in [2.05, 4.69) is 5.32 Å². The summed E-state index contributed by atoms with van der Waals surface area (Å²) in [5.41, 5.74) is 0. The van der Waals surface area contributed by atoms with Gasteiger partial charge in [-0.15, -0.1) is 0 Å². The van der Waals surface area contributed by atoms with E-state index in [1.165, 1.54) is 18.7 Å². The molecule has 86 valence electrons. The highest BCUT2D eigenvalue weighted by atomic mass is 32.2. The van der Waals surface area contributed by atoms with Crippen molar-refractivity contribution in [1.29, 1.82) is 0 Å². The van der Waals surface area contributed by atoms with E-state index < -0.39 is 29.8 Å². The molecular weight excluding hydrogens is 222 g/mol. The molecule has 2 unspecified atom stereocenters. The molecule has 0 aromatic carbocycles. The first kappa shape index (κ1) is 13.8. The lowest BCUT2D eigenvalue weighted by Crippen LogP contribution is -2.46. The summed E-state index contributed by atoms with van der Waals surface area (Å²) in [6, 6.07) is -1.05. The van der Waals surface area contributed by atoms with Gasteiger partial charge in [0.1, 0.15) is 12.0 Å². The third kappa shape index (κ3) is 4.68. The quantitative estimate of drug-likeness (QED) is 0.543. The monoisotopic (exact) mass is 235 g/mol. The molecule has 0 radical (unpaired) electrons. The Kier molecular flexibility index (Phi) is 5.76. The first-order valence-corrected chi connectivity index (χ1v) is 5.54. The summed E-state index contributed by atoms with van der Waals surface area (Å²) in [6.07, 6.45) is 1.70. The molecule has 0 aliphatic heterocycles. The molecule has 0 heterocycles. The molecule has 0 saturated carbocycles.